The molecule has 0 atom stereocenters. The largest absolute Gasteiger partial charge is 0.335 e. The lowest BCUT2D eigenvalue weighted by Crippen LogP contribution is -1.96. The first-order valence-electron chi connectivity index (χ1n) is 9.53. The van der Waals surface area contributed by atoms with Crippen molar-refractivity contribution in [3.05, 3.63) is 53.7 Å². The quantitative estimate of drug-likeness (QED) is 0.431. The second-order valence-corrected chi connectivity index (χ2v) is 8.19. The average molecular weight is 430 g/mol. The fourth-order valence-electron chi connectivity index (χ4n) is 3.63. The highest BCUT2D eigenvalue weighted by Crippen LogP contribution is 2.33. The fraction of sp³-hybridized carbons (Fsp3) is 0.0952. The summed E-state index contributed by atoms with van der Waals surface area (Å²) < 4.78 is 15.6. The van der Waals surface area contributed by atoms with E-state index in [2.05, 4.69) is 30.1 Å². The van der Waals surface area contributed by atoms with Gasteiger partial charge in [-0.3, -0.25) is 5.10 Å². The summed E-state index contributed by atoms with van der Waals surface area (Å²) in [6.45, 7) is 1.95. The van der Waals surface area contributed by atoms with Gasteiger partial charge in [0, 0.05) is 23.7 Å². The maximum atomic E-state index is 13.6. The van der Waals surface area contributed by atoms with Gasteiger partial charge >= 0.3 is 0 Å². The van der Waals surface area contributed by atoms with Gasteiger partial charge in [0.25, 0.3) is 0 Å². The van der Waals surface area contributed by atoms with Crippen LogP contribution in [0.5, 0.6) is 0 Å². The average Bonchev–Trinajstić information content (AvgIpc) is 3.54. The van der Waals surface area contributed by atoms with Crippen molar-refractivity contribution in [1.82, 2.24) is 39.7 Å². The Kier molecular flexibility index (Phi) is 3.78. The number of nitrogens with zero attached hydrogens (tertiary/aromatic N) is 6. The molecule has 8 nitrogen and oxygen atoms in total. The third-order valence-electron chi connectivity index (χ3n) is 5.35. The van der Waals surface area contributed by atoms with Gasteiger partial charge in [0.1, 0.15) is 11.3 Å². The Morgan fingerprint density at radius 2 is 1.97 bits per heavy atom. The predicted octanol–water partition coefficient (Wildman–Crippen LogP) is 4.47. The molecule has 152 valence electrons. The van der Waals surface area contributed by atoms with Gasteiger partial charge < -0.3 is 9.55 Å². The summed E-state index contributed by atoms with van der Waals surface area (Å²) in [7, 11) is 1.96. The van der Waals surface area contributed by atoms with E-state index >= 15 is 0 Å². The fourth-order valence-corrected chi connectivity index (χ4v) is 4.40. The van der Waals surface area contributed by atoms with E-state index in [0.717, 1.165) is 50.0 Å². The Bertz CT molecular complexity index is 1590. The highest BCUT2D eigenvalue weighted by molar-refractivity contribution is 7.14. The number of H-pyrrole nitrogens is 2. The zero-order valence-electron chi connectivity index (χ0n) is 16.5. The van der Waals surface area contributed by atoms with Crippen LogP contribution < -0.4 is 0 Å². The van der Waals surface area contributed by atoms with E-state index in [-0.39, 0.29) is 5.13 Å². The van der Waals surface area contributed by atoms with Crippen LogP contribution in [0.3, 0.4) is 0 Å². The van der Waals surface area contributed by atoms with Gasteiger partial charge in [0.2, 0.25) is 0 Å². The number of aromatic amines is 2. The molecular weight excluding hydrogens is 415 g/mol. The Balaban J connectivity index is 1.52. The zero-order chi connectivity index (χ0) is 21.1. The van der Waals surface area contributed by atoms with E-state index < -0.39 is 0 Å². The van der Waals surface area contributed by atoms with E-state index in [1.54, 1.807) is 18.5 Å². The van der Waals surface area contributed by atoms with Crippen molar-refractivity contribution in [2.75, 3.05) is 0 Å². The van der Waals surface area contributed by atoms with Gasteiger partial charge in [-0.15, -0.1) is 11.3 Å². The summed E-state index contributed by atoms with van der Waals surface area (Å²) in [6.07, 6.45) is 3.48. The van der Waals surface area contributed by atoms with Crippen molar-refractivity contribution in [2.45, 2.75) is 6.92 Å². The Hall–Kier alpha value is -3.92. The molecule has 6 heterocycles. The van der Waals surface area contributed by atoms with Crippen LogP contribution in [0, 0.1) is 12.1 Å². The van der Waals surface area contributed by atoms with Crippen LogP contribution in [-0.4, -0.2) is 39.7 Å². The molecule has 0 unspecified atom stereocenters. The van der Waals surface area contributed by atoms with Gasteiger partial charge in [-0.2, -0.15) is 9.49 Å². The summed E-state index contributed by atoms with van der Waals surface area (Å²) in [6, 6.07) is 8.93. The van der Waals surface area contributed by atoms with E-state index in [1.165, 1.54) is 6.07 Å². The molecule has 10 heteroatoms. The Morgan fingerprint density at radius 1 is 1.06 bits per heavy atom. The molecule has 0 spiro atoms. The maximum absolute atomic E-state index is 13.6. The minimum absolute atomic E-state index is 0.236. The van der Waals surface area contributed by atoms with Crippen LogP contribution in [0.1, 0.15) is 5.82 Å². The summed E-state index contributed by atoms with van der Waals surface area (Å²) >= 11 is 1.08. The van der Waals surface area contributed by atoms with Crippen molar-refractivity contribution in [2.24, 2.45) is 7.05 Å². The normalized spacial score (nSPS) is 11.7. The zero-order valence-corrected chi connectivity index (χ0v) is 17.3. The molecule has 0 aliphatic rings. The number of imidazole rings is 2. The number of hydrogen-bond acceptors (Lipinski definition) is 6. The number of rotatable bonds is 3. The standard InChI is InChI=1S/C21H15FN8S/c1-10-24-9-14(30(10)2)12-3-4-13-18(25-12)19(29-28-13)21-26-17-11(7-8-23-20(17)27-21)15-5-6-16(22)31-15/h3-9H,1-2H3,(H,28,29)(H,23,26,27). The van der Waals surface area contributed by atoms with Crippen molar-refractivity contribution in [3.8, 4) is 33.3 Å². The van der Waals surface area contributed by atoms with Gasteiger partial charge in [-0.25, -0.2) is 19.9 Å². The van der Waals surface area contributed by atoms with Crippen LogP contribution in [0.2, 0.25) is 0 Å². The Labute approximate surface area is 178 Å². The van der Waals surface area contributed by atoms with Gasteiger partial charge in [0.15, 0.2) is 22.3 Å². The monoisotopic (exact) mass is 430 g/mol. The number of thiophene rings is 1. The highest BCUT2D eigenvalue weighted by Gasteiger charge is 2.18. The number of nitrogens with one attached hydrogen (secondary N) is 2. The van der Waals surface area contributed by atoms with Gasteiger partial charge in [-0.05, 0) is 37.3 Å². The molecule has 6 rings (SSSR count). The number of aryl methyl sites for hydroxylation is 1. The van der Waals surface area contributed by atoms with Crippen LogP contribution in [-0.2, 0) is 7.05 Å². The molecule has 6 aromatic rings. The van der Waals surface area contributed by atoms with Crippen molar-refractivity contribution >= 4 is 33.5 Å². The molecule has 0 aliphatic heterocycles. The molecule has 0 saturated heterocycles. The van der Waals surface area contributed by atoms with E-state index in [4.69, 9.17) is 4.98 Å². The lowest BCUT2D eigenvalue weighted by molar-refractivity contribution is 0.657. The lowest BCUT2D eigenvalue weighted by atomic mass is 10.2. The lowest BCUT2D eigenvalue weighted by Gasteiger charge is -2.03. The van der Waals surface area contributed by atoms with E-state index in [1.807, 2.05) is 36.7 Å². The van der Waals surface area contributed by atoms with Crippen LogP contribution in [0.15, 0.2) is 42.7 Å². The molecule has 0 radical (unpaired) electrons. The number of halogens is 1. The van der Waals surface area contributed by atoms with Crippen molar-refractivity contribution in [3.63, 3.8) is 0 Å². The third-order valence-corrected chi connectivity index (χ3v) is 6.25. The second kappa shape index (κ2) is 6.54. The van der Waals surface area contributed by atoms with E-state index in [0.29, 0.717) is 22.7 Å². The van der Waals surface area contributed by atoms with Crippen LogP contribution in [0.4, 0.5) is 4.39 Å². The summed E-state index contributed by atoms with van der Waals surface area (Å²) in [5.74, 6) is 1.45. The molecule has 0 fully saturated rings. The Morgan fingerprint density at radius 3 is 2.74 bits per heavy atom. The molecular formula is C21H15FN8S. The van der Waals surface area contributed by atoms with Crippen LogP contribution in [0.25, 0.3) is 55.5 Å². The molecule has 6 aromatic heterocycles. The highest BCUT2D eigenvalue weighted by atomic mass is 32.1. The van der Waals surface area contributed by atoms with Gasteiger partial charge in [0.05, 0.1) is 28.6 Å². The van der Waals surface area contributed by atoms with E-state index in [9.17, 15) is 4.39 Å². The molecule has 0 bridgehead atoms. The first-order valence-corrected chi connectivity index (χ1v) is 10.3. The molecule has 2 N–H and O–H groups in total. The SMILES string of the molecule is Cc1ncc(-c2ccc3[nH]nc(-c4nc5nccc(-c6ccc(F)s6)c5[nH]4)c3n2)n1C. The smallest absolute Gasteiger partial charge is 0.178 e. The summed E-state index contributed by atoms with van der Waals surface area (Å²) in [4.78, 5) is 22.3. The maximum Gasteiger partial charge on any atom is 0.178 e. The first kappa shape index (κ1) is 17.9. The summed E-state index contributed by atoms with van der Waals surface area (Å²) in [5, 5.41) is 7.22. The number of pyridine rings is 2. The van der Waals surface area contributed by atoms with Crippen LogP contribution >= 0.6 is 11.3 Å². The second-order valence-electron chi connectivity index (χ2n) is 7.16. The third kappa shape index (κ3) is 2.76. The van der Waals surface area contributed by atoms with Crippen molar-refractivity contribution < 1.29 is 4.39 Å². The molecule has 0 amide bonds. The number of aromatic nitrogens is 8. The predicted molar refractivity (Wildman–Crippen MR) is 117 cm³/mol. The van der Waals surface area contributed by atoms with Crippen molar-refractivity contribution in [1.29, 1.82) is 0 Å². The topological polar surface area (TPSA) is 101 Å². The van der Waals surface area contributed by atoms with Gasteiger partial charge in [-0.1, -0.05) is 0 Å². The minimum atomic E-state index is -0.236. The number of hydrogen-bond donors (Lipinski definition) is 2. The first-order chi connectivity index (χ1) is 15.1. The number of fused-ring (bicyclic) bond motifs is 2. The summed E-state index contributed by atoms with van der Waals surface area (Å²) in [5.41, 5.74) is 5.91. The molecule has 0 aromatic carbocycles. The molecule has 0 saturated carbocycles. The molecule has 0 aliphatic carbocycles. The minimum Gasteiger partial charge on any atom is -0.335 e. The molecule has 31 heavy (non-hydrogen) atoms.